The summed E-state index contributed by atoms with van der Waals surface area (Å²) in [6.45, 7) is -0.725. The number of ether oxygens (including phenoxy) is 1. The molecule has 2 aromatic carbocycles. The molecule has 32 heavy (non-hydrogen) atoms. The van der Waals surface area contributed by atoms with Crippen LogP contribution >= 0.6 is 11.8 Å². The number of thioether (sulfide) groups is 1. The summed E-state index contributed by atoms with van der Waals surface area (Å²) in [4.78, 5) is 49.7. The summed E-state index contributed by atoms with van der Waals surface area (Å²) in [5.41, 5.74) is -0.923. The monoisotopic (exact) mass is 466 g/mol. The van der Waals surface area contributed by atoms with Crippen LogP contribution in [-0.2, 0) is 25.3 Å². The summed E-state index contributed by atoms with van der Waals surface area (Å²) in [5, 5.41) is 1.57. The molecule has 0 radical (unpaired) electrons. The highest BCUT2D eigenvalue weighted by Crippen LogP contribution is 2.33. The first-order valence-electron chi connectivity index (χ1n) is 9.26. The van der Waals surface area contributed by atoms with Crippen LogP contribution in [0.4, 0.5) is 18.9 Å². The number of halogens is 3. The normalized spacial score (nSPS) is 16.2. The van der Waals surface area contributed by atoms with Crippen LogP contribution in [0.3, 0.4) is 0 Å². The third kappa shape index (κ3) is 5.47. The Morgan fingerprint density at radius 3 is 2.53 bits per heavy atom. The Morgan fingerprint density at radius 2 is 1.88 bits per heavy atom. The van der Waals surface area contributed by atoms with Gasteiger partial charge in [-0.2, -0.15) is 13.2 Å². The zero-order chi connectivity index (χ0) is 23.5. The second-order valence-corrected chi connectivity index (χ2v) is 8.05. The lowest BCUT2D eigenvalue weighted by molar-refractivity contribution is -0.138. The molecule has 1 fully saturated rings. The van der Waals surface area contributed by atoms with E-state index in [1.165, 1.54) is 19.2 Å². The molecule has 1 unspecified atom stereocenters. The number of anilines is 1. The van der Waals surface area contributed by atoms with Gasteiger partial charge in [0.2, 0.25) is 11.8 Å². The first-order chi connectivity index (χ1) is 15.1. The fraction of sp³-hybridized carbons (Fsp3) is 0.238. The molecule has 0 aliphatic carbocycles. The van der Waals surface area contributed by atoms with Gasteiger partial charge in [-0.1, -0.05) is 18.2 Å². The molecule has 1 aliphatic heterocycles. The highest BCUT2D eigenvalue weighted by Gasteiger charge is 2.37. The second kappa shape index (κ2) is 9.43. The minimum absolute atomic E-state index is 0.00276. The minimum atomic E-state index is -4.56. The lowest BCUT2D eigenvalue weighted by atomic mass is 10.2. The van der Waals surface area contributed by atoms with E-state index in [-0.39, 0.29) is 29.5 Å². The van der Waals surface area contributed by atoms with E-state index in [0.717, 1.165) is 34.9 Å². The van der Waals surface area contributed by atoms with Crippen molar-refractivity contribution in [3.8, 4) is 0 Å². The van der Waals surface area contributed by atoms with Gasteiger partial charge in [0.25, 0.3) is 5.91 Å². The van der Waals surface area contributed by atoms with Gasteiger partial charge in [0.15, 0.2) is 6.61 Å². The number of imide groups is 1. The quantitative estimate of drug-likeness (QED) is 0.519. The third-order valence-electron chi connectivity index (χ3n) is 4.52. The van der Waals surface area contributed by atoms with Crippen molar-refractivity contribution in [3.63, 3.8) is 0 Å². The summed E-state index contributed by atoms with van der Waals surface area (Å²) < 4.78 is 43.3. The van der Waals surface area contributed by atoms with Gasteiger partial charge in [0, 0.05) is 24.1 Å². The number of amides is 3. The maximum Gasteiger partial charge on any atom is 0.416 e. The Labute approximate surface area is 184 Å². The van der Waals surface area contributed by atoms with Gasteiger partial charge < -0.3 is 10.1 Å². The van der Waals surface area contributed by atoms with E-state index in [9.17, 15) is 32.3 Å². The van der Waals surface area contributed by atoms with Gasteiger partial charge in [-0.3, -0.25) is 19.3 Å². The van der Waals surface area contributed by atoms with Crippen LogP contribution in [-0.4, -0.2) is 47.5 Å². The van der Waals surface area contributed by atoms with Crippen molar-refractivity contribution in [2.45, 2.75) is 22.7 Å². The van der Waals surface area contributed by atoms with E-state index < -0.39 is 35.5 Å². The summed E-state index contributed by atoms with van der Waals surface area (Å²) in [6.07, 6.45) is -4.56. The van der Waals surface area contributed by atoms with Crippen molar-refractivity contribution in [3.05, 3.63) is 59.7 Å². The number of rotatable bonds is 6. The van der Waals surface area contributed by atoms with E-state index in [1.807, 2.05) is 0 Å². The van der Waals surface area contributed by atoms with Crippen molar-refractivity contribution < 1.29 is 37.1 Å². The number of hydrogen-bond acceptors (Lipinski definition) is 6. The molecule has 2 aromatic rings. The highest BCUT2D eigenvalue weighted by molar-refractivity contribution is 8.00. The summed E-state index contributed by atoms with van der Waals surface area (Å²) in [5.74, 6) is -2.36. The van der Waals surface area contributed by atoms with Crippen molar-refractivity contribution in [1.82, 2.24) is 4.90 Å². The molecule has 1 N–H and O–H groups in total. The average Bonchev–Trinajstić information content (AvgIpc) is 2.98. The number of benzene rings is 2. The first kappa shape index (κ1) is 23.3. The maximum absolute atomic E-state index is 12.8. The topological polar surface area (TPSA) is 92.8 Å². The SMILES string of the molecule is CN1C(=O)CC(Sc2ccccc2C(=O)OCC(=O)Nc2cccc(C(F)(F)F)c2)C1=O. The molecule has 3 amide bonds. The number of nitrogens with zero attached hydrogens (tertiary/aromatic N) is 1. The largest absolute Gasteiger partial charge is 0.452 e. The Balaban J connectivity index is 1.62. The van der Waals surface area contributed by atoms with Crippen molar-refractivity contribution in [2.24, 2.45) is 0 Å². The molecule has 1 heterocycles. The number of alkyl halides is 3. The van der Waals surface area contributed by atoms with Gasteiger partial charge in [-0.05, 0) is 30.3 Å². The van der Waals surface area contributed by atoms with Gasteiger partial charge >= 0.3 is 12.1 Å². The number of carbonyl (C=O) groups excluding carboxylic acids is 4. The van der Waals surface area contributed by atoms with Crippen LogP contribution in [0.15, 0.2) is 53.4 Å². The molecule has 11 heteroatoms. The van der Waals surface area contributed by atoms with E-state index in [1.54, 1.807) is 18.2 Å². The predicted octanol–water partition coefficient (Wildman–Crippen LogP) is 3.35. The van der Waals surface area contributed by atoms with Crippen LogP contribution < -0.4 is 5.32 Å². The molecule has 0 spiro atoms. The molecule has 3 rings (SSSR count). The smallest absolute Gasteiger partial charge is 0.416 e. The van der Waals surface area contributed by atoms with Gasteiger partial charge in [0.05, 0.1) is 16.4 Å². The molecule has 1 aliphatic rings. The van der Waals surface area contributed by atoms with Crippen LogP contribution in [0.2, 0.25) is 0 Å². The molecule has 168 valence electrons. The predicted molar refractivity (Wildman–Crippen MR) is 109 cm³/mol. The number of carbonyl (C=O) groups is 4. The zero-order valence-electron chi connectivity index (χ0n) is 16.6. The molecule has 0 saturated carbocycles. The highest BCUT2D eigenvalue weighted by atomic mass is 32.2. The Bertz CT molecular complexity index is 1070. The lowest BCUT2D eigenvalue weighted by Gasteiger charge is -2.13. The molecular formula is C21H17F3N2O5S. The van der Waals surface area contributed by atoms with Crippen LogP contribution in [0.1, 0.15) is 22.3 Å². The van der Waals surface area contributed by atoms with Crippen LogP contribution in [0.25, 0.3) is 0 Å². The van der Waals surface area contributed by atoms with Gasteiger partial charge in [-0.15, -0.1) is 11.8 Å². The standard InChI is InChI=1S/C21H17F3N2O5S/c1-26-18(28)10-16(19(26)29)32-15-8-3-2-7-14(15)20(30)31-11-17(27)25-13-6-4-5-12(9-13)21(22,23)24/h2-9,16H,10-11H2,1H3,(H,25,27). The Morgan fingerprint density at radius 1 is 1.16 bits per heavy atom. The first-order valence-corrected chi connectivity index (χ1v) is 10.1. The molecule has 1 atom stereocenters. The Hall–Kier alpha value is -3.34. The molecule has 0 bridgehead atoms. The molecular weight excluding hydrogens is 449 g/mol. The van der Waals surface area contributed by atoms with Crippen molar-refractivity contribution in [1.29, 1.82) is 0 Å². The summed E-state index contributed by atoms with van der Waals surface area (Å²) in [6, 6.07) is 10.3. The van der Waals surface area contributed by atoms with Crippen molar-refractivity contribution in [2.75, 3.05) is 19.0 Å². The van der Waals surface area contributed by atoms with E-state index in [0.29, 0.717) is 4.90 Å². The number of likely N-dealkylation sites (tertiary alicyclic amines) is 1. The maximum atomic E-state index is 12.8. The van der Waals surface area contributed by atoms with E-state index >= 15 is 0 Å². The van der Waals surface area contributed by atoms with Crippen LogP contribution in [0, 0.1) is 0 Å². The number of nitrogens with one attached hydrogen (secondary N) is 1. The second-order valence-electron chi connectivity index (χ2n) is 6.80. The number of hydrogen-bond donors (Lipinski definition) is 1. The molecule has 1 saturated heterocycles. The van der Waals surface area contributed by atoms with Gasteiger partial charge in [-0.25, -0.2) is 4.79 Å². The molecule has 0 aromatic heterocycles. The average molecular weight is 466 g/mol. The third-order valence-corrected chi connectivity index (χ3v) is 5.79. The van der Waals surface area contributed by atoms with Crippen LogP contribution in [0.5, 0.6) is 0 Å². The fourth-order valence-corrected chi connectivity index (χ4v) is 4.11. The summed E-state index contributed by atoms with van der Waals surface area (Å²) >= 11 is 1.04. The summed E-state index contributed by atoms with van der Waals surface area (Å²) in [7, 11) is 1.38. The fourth-order valence-electron chi connectivity index (χ4n) is 2.88. The minimum Gasteiger partial charge on any atom is -0.452 e. The zero-order valence-corrected chi connectivity index (χ0v) is 17.5. The Kier molecular flexibility index (Phi) is 6.87. The molecule has 7 nitrogen and oxygen atoms in total. The van der Waals surface area contributed by atoms with Gasteiger partial charge in [0.1, 0.15) is 0 Å². The lowest BCUT2D eigenvalue weighted by Crippen LogP contribution is -2.26. The van der Waals surface area contributed by atoms with Crippen molar-refractivity contribution >= 4 is 41.1 Å². The van der Waals surface area contributed by atoms with E-state index in [2.05, 4.69) is 5.32 Å². The van der Waals surface area contributed by atoms with E-state index in [4.69, 9.17) is 4.74 Å². The number of esters is 1.